The zero-order valence-electron chi connectivity index (χ0n) is 18.8. The number of carbonyl (C=O) groups is 2. The minimum absolute atomic E-state index is 0.0457. The maximum Gasteiger partial charge on any atom is 0.302 e. The third kappa shape index (κ3) is 3.56. The zero-order chi connectivity index (χ0) is 21.0. The van der Waals surface area contributed by atoms with E-state index in [-0.39, 0.29) is 29.0 Å². The van der Waals surface area contributed by atoms with Gasteiger partial charge in [0.2, 0.25) is 0 Å². The van der Waals surface area contributed by atoms with Gasteiger partial charge in [-0.25, -0.2) is 0 Å². The third-order valence-corrected chi connectivity index (χ3v) is 9.65. The van der Waals surface area contributed by atoms with Crippen LogP contribution in [0.4, 0.5) is 0 Å². The molecule has 3 fully saturated rings. The molecular weight excluding hydrogens is 380 g/mol. The number of fused-ring (bicyclic) bond motifs is 5. The molecule has 0 aromatic heterocycles. The Kier molecular flexibility index (Phi) is 5.38. The summed E-state index contributed by atoms with van der Waals surface area (Å²) in [5.74, 6) is 1.38. The predicted molar refractivity (Wildman–Crippen MR) is 116 cm³/mol. The number of ether oxygens (including phenoxy) is 1. The van der Waals surface area contributed by atoms with E-state index >= 15 is 0 Å². The Balaban J connectivity index is 1.58. The van der Waals surface area contributed by atoms with Crippen LogP contribution in [0.15, 0.2) is 11.6 Å². The Morgan fingerprint density at radius 1 is 1.14 bits per heavy atom. The quantitative estimate of drug-likeness (QED) is 0.270. The van der Waals surface area contributed by atoms with Crippen molar-refractivity contribution in [1.29, 1.82) is 0 Å². The second kappa shape index (κ2) is 7.33. The van der Waals surface area contributed by atoms with Gasteiger partial charge >= 0.3 is 5.97 Å². The average Bonchev–Trinajstić information content (AvgIpc) is 2.96. The lowest BCUT2D eigenvalue weighted by Crippen LogP contribution is -2.53. The van der Waals surface area contributed by atoms with E-state index in [1.807, 2.05) is 0 Å². The summed E-state index contributed by atoms with van der Waals surface area (Å²) in [5, 5.41) is 0. The summed E-state index contributed by atoms with van der Waals surface area (Å²) >= 11 is 0. The highest BCUT2D eigenvalue weighted by Gasteiger charge is 2.61. The molecule has 4 aliphatic rings. The molecule has 7 atom stereocenters. The summed E-state index contributed by atoms with van der Waals surface area (Å²) in [7, 11) is -1.58. The number of rotatable bonds is 4. The maximum absolute atomic E-state index is 12.6. The van der Waals surface area contributed by atoms with Crippen molar-refractivity contribution in [2.24, 2.45) is 28.6 Å². The molecule has 29 heavy (non-hydrogen) atoms. The molecule has 0 spiro atoms. The second-order valence-electron chi connectivity index (χ2n) is 11.3. The molecule has 3 saturated carbocycles. The van der Waals surface area contributed by atoms with Gasteiger partial charge in [-0.3, -0.25) is 4.79 Å². The van der Waals surface area contributed by atoms with Gasteiger partial charge in [0, 0.05) is 18.4 Å². The van der Waals surface area contributed by atoms with Crippen molar-refractivity contribution in [3.8, 4) is 0 Å². The van der Waals surface area contributed by atoms with E-state index in [4.69, 9.17) is 9.16 Å². The normalized spacial score (nSPS) is 44.2. The summed E-state index contributed by atoms with van der Waals surface area (Å²) < 4.78 is 12.2. The molecule has 0 aromatic carbocycles. The lowest BCUT2D eigenvalue weighted by Gasteiger charge is -2.57. The van der Waals surface area contributed by atoms with E-state index in [2.05, 4.69) is 32.6 Å². The van der Waals surface area contributed by atoms with Crippen molar-refractivity contribution in [3.63, 3.8) is 0 Å². The van der Waals surface area contributed by atoms with E-state index < -0.39 is 8.32 Å². The van der Waals surface area contributed by atoms with Gasteiger partial charge in [-0.05, 0) is 88.8 Å². The Morgan fingerprint density at radius 2 is 1.90 bits per heavy atom. The summed E-state index contributed by atoms with van der Waals surface area (Å²) in [5.41, 5.74) is 1.16. The first kappa shape index (κ1) is 21.3. The SMILES string of the molecule is CC(=O)O[C@H]1CC[C@H]2[C@@H]3CC=C4C[C@@H](O[Si](C)(C)C)CC[C@]4(C=O)[C@H]3CC[C@]12C. The van der Waals surface area contributed by atoms with Gasteiger partial charge in [-0.2, -0.15) is 0 Å². The van der Waals surface area contributed by atoms with Crippen molar-refractivity contribution in [2.45, 2.75) is 97.1 Å². The lowest BCUT2D eigenvalue weighted by atomic mass is 9.48. The number of allylic oxidation sites excluding steroid dienone is 1. The van der Waals surface area contributed by atoms with E-state index in [9.17, 15) is 9.59 Å². The highest BCUT2D eigenvalue weighted by atomic mass is 28.4. The molecule has 0 bridgehead atoms. The average molecular weight is 419 g/mol. The van der Waals surface area contributed by atoms with E-state index in [1.54, 1.807) is 0 Å². The highest BCUT2D eigenvalue weighted by Crippen LogP contribution is 2.65. The summed E-state index contributed by atoms with van der Waals surface area (Å²) in [4.78, 5) is 24.2. The van der Waals surface area contributed by atoms with Crippen molar-refractivity contribution in [3.05, 3.63) is 11.6 Å². The molecule has 5 heteroatoms. The molecule has 0 unspecified atom stereocenters. The first-order chi connectivity index (χ1) is 13.6. The second-order valence-corrected chi connectivity index (χ2v) is 15.8. The molecule has 0 N–H and O–H groups in total. The molecule has 162 valence electrons. The minimum Gasteiger partial charge on any atom is -0.462 e. The van der Waals surface area contributed by atoms with Crippen LogP contribution in [0.2, 0.25) is 19.6 Å². The molecule has 4 aliphatic carbocycles. The van der Waals surface area contributed by atoms with Gasteiger partial charge in [-0.15, -0.1) is 0 Å². The van der Waals surface area contributed by atoms with Gasteiger partial charge in [0.25, 0.3) is 0 Å². The number of hydrogen-bond acceptors (Lipinski definition) is 4. The predicted octanol–water partition coefficient (Wildman–Crippen LogP) is 5.28. The van der Waals surface area contributed by atoms with Gasteiger partial charge < -0.3 is 14.0 Å². The highest BCUT2D eigenvalue weighted by molar-refractivity contribution is 6.69. The smallest absolute Gasteiger partial charge is 0.302 e. The molecule has 4 rings (SSSR count). The molecule has 4 nitrogen and oxygen atoms in total. The van der Waals surface area contributed by atoms with Gasteiger partial charge in [0.1, 0.15) is 12.4 Å². The fourth-order valence-electron chi connectivity index (χ4n) is 7.50. The van der Waals surface area contributed by atoms with Crippen molar-refractivity contribution in [1.82, 2.24) is 0 Å². The van der Waals surface area contributed by atoms with Crippen molar-refractivity contribution < 1.29 is 18.8 Å². The Labute approximate surface area is 176 Å². The Bertz CT molecular complexity index is 710. The van der Waals surface area contributed by atoms with Crippen LogP contribution in [0, 0.1) is 28.6 Å². The largest absolute Gasteiger partial charge is 0.462 e. The van der Waals surface area contributed by atoms with Crippen LogP contribution in [0.5, 0.6) is 0 Å². The number of carbonyl (C=O) groups excluding carboxylic acids is 2. The standard InChI is InChI=1S/C24H38O4Si/c1-16(26)27-22-9-8-20-19-7-6-17-14-18(28-29(3,4)5)10-13-24(17,15-25)21(19)11-12-23(20,22)2/h6,15,18-22H,7-14H2,1-5H3/t18-,19-,20-,21-,22-,23-,24+/m0/s1. The molecular formula is C24H38O4Si. The third-order valence-electron chi connectivity index (χ3n) is 8.61. The van der Waals surface area contributed by atoms with Crippen LogP contribution in [0.1, 0.15) is 65.2 Å². The molecule has 0 amide bonds. The van der Waals surface area contributed by atoms with Crippen molar-refractivity contribution in [2.75, 3.05) is 0 Å². The summed E-state index contributed by atoms with van der Waals surface area (Å²) in [6.07, 6.45) is 12.2. The molecule has 0 radical (unpaired) electrons. The minimum atomic E-state index is -1.58. The molecule has 0 heterocycles. The number of esters is 1. The number of hydrogen-bond donors (Lipinski definition) is 0. The molecule has 0 aromatic rings. The van der Waals surface area contributed by atoms with Gasteiger partial charge in [0.15, 0.2) is 8.32 Å². The van der Waals surface area contributed by atoms with Crippen LogP contribution in [-0.2, 0) is 18.8 Å². The van der Waals surface area contributed by atoms with Crippen LogP contribution < -0.4 is 0 Å². The van der Waals surface area contributed by atoms with Crippen LogP contribution in [0.3, 0.4) is 0 Å². The Morgan fingerprint density at radius 3 is 2.55 bits per heavy atom. The first-order valence-electron chi connectivity index (χ1n) is 11.6. The van der Waals surface area contributed by atoms with Crippen LogP contribution >= 0.6 is 0 Å². The molecule has 0 saturated heterocycles. The monoisotopic (exact) mass is 418 g/mol. The maximum atomic E-state index is 12.6. The van der Waals surface area contributed by atoms with Gasteiger partial charge in [-0.1, -0.05) is 18.6 Å². The van der Waals surface area contributed by atoms with E-state index in [0.29, 0.717) is 17.8 Å². The summed E-state index contributed by atoms with van der Waals surface area (Å²) in [6.45, 7) is 10.6. The Hall–Kier alpha value is -0.943. The van der Waals surface area contributed by atoms with Crippen molar-refractivity contribution >= 4 is 20.6 Å². The van der Waals surface area contributed by atoms with E-state index in [1.165, 1.54) is 18.8 Å². The first-order valence-corrected chi connectivity index (χ1v) is 15.0. The fourth-order valence-corrected chi connectivity index (χ4v) is 8.70. The van der Waals surface area contributed by atoms with E-state index in [0.717, 1.165) is 51.4 Å². The van der Waals surface area contributed by atoms with Crippen LogP contribution in [-0.4, -0.2) is 32.8 Å². The lowest BCUT2D eigenvalue weighted by molar-refractivity contribution is -0.157. The number of aldehydes is 1. The topological polar surface area (TPSA) is 52.6 Å². The molecule has 0 aliphatic heterocycles. The van der Waals surface area contributed by atoms with Crippen LogP contribution in [0.25, 0.3) is 0 Å². The summed E-state index contributed by atoms with van der Waals surface area (Å²) in [6, 6.07) is 0. The van der Waals surface area contributed by atoms with Gasteiger partial charge in [0.05, 0.1) is 5.41 Å². The fraction of sp³-hybridized carbons (Fsp3) is 0.833. The zero-order valence-corrected chi connectivity index (χ0v) is 19.8.